The van der Waals surface area contributed by atoms with Gasteiger partial charge in [-0.15, -0.1) is 10.2 Å². The molecule has 30 heavy (non-hydrogen) atoms. The molecule has 0 bridgehead atoms. The first-order valence-corrected chi connectivity index (χ1v) is 11.4. The summed E-state index contributed by atoms with van der Waals surface area (Å²) in [6.07, 6.45) is 1.95. The smallest absolute Gasteiger partial charge is 0.321 e. The van der Waals surface area contributed by atoms with Crippen molar-refractivity contribution in [3.05, 3.63) is 24.3 Å². The van der Waals surface area contributed by atoms with Gasteiger partial charge in [-0.1, -0.05) is 11.8 Å². The summed E-state index contributed by atoms with van der Waals surface area (Å²) >= 11 is 1.30. The number of hydrogen-bond donors (Lipinski definition) is 2. The number of imide groups is 1. The molecule has 0 radical (unpaired) electrons. The molecule has 1 aromatic carbocycles. The average Bonchev–Trinajstić information content (AvgIpc) is 3.46. The maximum absolute atomic E-state index is 12.3. The maximum atomic E-state index is 12.3. The Labute approximate surface area is 181 Å². The molecule has 0 saturated heterocycles. The van der Waals surface area contributed by atoms with Crippen LogP contribution in [0.3, 0.4) is 0 Å². The van der Waals surface area contributed by atoms with Gasteiger partial charge in [-0.2, -0.15) is 0 Å². The van der Waals surface area contributed by atoms with Crippen LogP contribution in [-0.4, -0.2) is 51.1 Å². The number of aromatic nitrogens is 3. The highest BCUT2D eigenvalue weighted by molar-refractivity contribution is 8.00. The summed E-state index contributed by atoms with van der Waals surface area (Å²) in [7, 11) is 0. The third-order valence-corrected chi connectivity index (χ3v) is 6.17. The molecule has 1 aliphatic carbocycles. The van der Waals surface area contributed by atoms with Crippen LogP contribution in [-0.2, 0) is 11.3 Å². The van der Waals surface area contributed by atoms with E-state index in [1.165, 1.54) is 17.4 Å². The number of rotatable bonds is 9. The van der Waals surface area contributed by atoms with Crippen molar-refractivity contribution in [2.24, 2.45) is 0 Å². The van der Waals surface area contributed by atoms with Gasteiger partial charge < -0.3 is 14.8 Å². The second-order valence-electron chi connectivity index (χ2n) is 7.27. The zero-order chi connectivity index (χ0) is 21.7. The largest absolute Gasteiger partial charge is 0.372 e. The highest BCUT2D eigenvalue weighted by atomic mass is 32.2. The molecular formula is C21H30N6O2S. The lowest BCUT2D eigenvalue weighted by atomic mass is 10.2. The predicted octanol–water partition coefficient (Wildman–Crippen LogP) is 3.28. The first-order chi connectivity index (χ1) is 14.5. The van der Waals surface area contributed by atoms with Crippen LogP contribution in [0.5, 0.6) is 0 Å². The Morgan fingerprint density at radius 3 is 2.40 bits per heavy atom. The third-order valence-electron chi connectivity index (χ3n) is 5.09. The molecule has 8 nitrogen and oxygen atoms in total. The fraction of sp³-hybridized carbons (Fsp3) is 0.524. The van der Waals surface area contributed by atoms with Gasteiger partial charge in [-0.05, 0) is 64.8 Å². The van der Waals surface area contributed by atoms with Crippen molar-refractivity contribution in [3.63, 3.8) is 0 Å². The summed E-state index contributed by atoms with van der Waals surface area (Å²) < 4.78 is 1.99. The maximum Gasteiger partial charge on any atom is 0.321 e. The first-order valence-electron chi connectivity index (χ1n) is 10.5. The highest BCUT2D eigenvalue weighted by Crippen LogP contribution is 2.28. The van der Waals surface area contributed by atoms with Crippen LogP contribution in [0.15, 0.2) is 29.4 Å². The molecule has 1 unspecified atom stereocenters. The van der Waals surface area contributed by atoms with Crippen LogP contribution < -0.4 is 15.5 Å². The van der Waals surface area contributed by atoms with Crippen LogP contribution in [0, 0.1) is 0 Å². The summed E-state index contributed by atoms with van der Waals surface area (Å²) in [5.41, 5.74) is 2.16. The summed E-state index contributed by atoms with van der Waals surface area (Å²) in [6.45, 7) is 10.7. The Morgan fingerprint density at radius 2 is 1.83 bits per heavy atom. The van der Waals surface area contributed by atoms with Gasteiger partial charge in [0.1, 0.15) is 0 Å². The number of urea groups is 1. The van der Waals surface area contributed by atoms with Gasteiger partial charge in [0.05, 0.1) is 5.25 Å². The van der Waals surface area contributed by atoms with E-state index in [0.717, 1.165) is 37.3 Å². The topological polar surface area (TPSA) is 92.2 Å². The van der Waals surface area contributed by atoms with Crippen LogP contribution in [0.2, 0.25) is 0 Å². The van der Waals surface area contributed by atoms with Gasteiger partial charge in [0.15, 0.2) is 11.0 Å². The Kier molecular flexibility index (Phi) is 7.36. The molecule has 1 heterocycles. The summed E-state index contributed by atoms with van der Waals surface area (Å²) in [6, 6.07) is 8.07. The van der Waals surface area contributed by atoms with Crippen LogP contribution in [0.1, 0.15) is 40.5 Å². The molecule has 162 valence electrons. The van der Waals surface area contributed by atoms with Crippen molar-refractivity contribution in [1.29, 1.82) is 0 Å². The van der Waals surface area contributed by atoms with E-state index in [-0.39, 0.29) is 11.9 Å². The lowest BCUT2D eigenvalue weighted by Gasteiger charge is -2.21. The SMILES string of the molecule is CCN(CC)c1ccc(-c2nnc(SC(C)C(=O)NC(=O)NC3CC3)n2CC)cc1. The number of carbonyl (C=O) groups is 2. The summed E-state index contributed by atoms with van der Waals surface area (Å²) in [4.78, 5) is 26.4. The van der Waals surface area contributed by atoms with Gasteiger partial charge in [0.25, 0.3) is 0 Å². The van der Waals surface area contributed by atoms with E-state index in [2.05, 4.69) is 63.8 Å². The number of carbonyl (C=O) groups excluding carboxylic acids is 2. The predicted molar refractivity (Wildman–Crippen MR) is 120 cm³/mol. The lowest BCUT2D eigenvalue weighted by molar-refractivity contribution is -0.119. The van der Waals surface area contributed by atoms with Gasteiger partial charge in [0, 0.05) is 36.9 Å². The molecule has 1 aromatic heterocycles. The Bertz CT molecular complexity index is 874. The van der Waals surface area contributed by atoms with E-state index in [4.69, 9.17) is 0 Å². The number of benzene rings is 1. The van der Waals surface area contributed by atoms with Crippen LogP contribution in [0.25, 0.3) is 11.4 Å². The van der Waals surface area contributed by atoms with E-state index < -0.39 is 11.3 Å². The molecular weight excluding hydrogens is 400 g/mol. The van der Waals surface area contributed by atoms with Crippen molar-refractivity contribution < 1.29 is 9.59 Å². The third kappa shape index (κ3) is 5.33. The van der Waals surface area contributed by atoms with E-state index >= 15 is 0 Å². The van der Waals surface area contributed by atoms with E-state index in [1.54, 1.807) is 6.92 Å². The van der Waals surface area contributed by atoms with Crippen molar-refractivity contribution in [2.45, 2.75) is 63.5 Å². The van der Waals surface area contributed by atoms with Crippen LogP contribution >= 0.6 is 11.8 Å². The second kappa shape index (κ2) is 9.97. The lowest BCUT2D eigenvalue weighted by Crippen LogP contribution is -2.43. The molecule has 0 aliphatic heterocycles. The van der Waals surface area contributed by atoms with Gasteiger partial charge in [-0.3, -0.25) is 10.1 Å². The molecule has 1 aliphatic rings. The molecule has 3 rings (SSSR count). The average molecular weight is 431 g/mol. The molecule has 3 amide bonds. The number of amides is 3. The molecule has 9 heteroatoms. The quantitative estimate of drug-likeness (QED) is 0.593. The van der Waals surface area contributed by atoms with Crippen LogP contribution in [0.4, 0.5) is 10.5 Å². The van der Waals surface area contributed by atoms with Crippen molar-refractivity contribution in [3.8, 4) is 11.4 Å². The van der Waals surface area contributed by atoms with Crippen molar-refractivity contribution >= 4 is 29.4 Å². The fourth-order valence-electron chi connectivity index (χ4n) is 3.16. The van der Waals surface area contributed by atoms with E-state index in [0.29, 0.717) is 11.7 Å². The van der Waals surface area contributed by atoms with Gasteiger partial charge >= 0.3 is 6.03 Å². The standard InChI is InChI=1S/C21H30N6O2S/c1-5-26(6-2)17-12-8-15(9-13-17)18-24-25-21(27(18)7-3)30-14(4)19(28)23-20(29)22-16-10-11-16/h8-9,12-14,16H,5-7,10-11H2,1-4H3,(H2,22,23,28,29). The molecule has 0 spiro atoms. The van der Waals surface area contributed by atoms with Crippen molar-refractivity contribution in [1.82, 2.24) is 25.4 Å². The number of thioether (sulfide) groups is 1. The zero-order valence-corrected chi connectivity index (χ0v) is 18.8. The number of nitrogens with zero attached hydrogens (tertiary/aromatic N) is 4. The minimum Gasteiger partial charge on any atom is -0.372 e. The van der Waals surface area contributed by atoms with E-state index in [1.807, 2.05) is 11.5 Å². The minimum absolute atomic E-state index is 0.208. The molecule has 1 atom stereocenters. The van der Waals surface area contributed by atoms with Gasteiger partial charge in [-0.25, -0.2) is 4.79 Å². The van der Waals surface area contributed by atoms with Gasteiger partial charge in [0.2, 0.25) is 5.91 Å². The molecule has 2 aromatic rings. The normalized spacial score (nSPS) is 14.3. The van der Waals surface area contributed by atoms with Crippen molar-refractivity contribution in [2.75, 3.05) is 18.0 Å². The highest BCUT2D eigenvalue weighted by Gasteiger charge is 2.26. The Hall–Kier alpha value is -2.55. The van der Waals surface area contributed by atoms with E-state index in [9.17, 15) is 9.59 Å². The molecule has 1 fully saturated rings. The second-order valence-corrected chi connectivity index (χ2v) is 8.57. The zero-order valence-electron chi connectivity index (χ0n) is 18.0. The number of anilines is 1. The number of hydrogen-bond acceptors (Lipinski definition) is 6. The minimum atomic E-state index is -0.470. The Morgan fingerprint density at radius 1 is 1.17 bits per heavy atom. The summed E-state index contributed by atoms with van der Waals surface area (Å²) in [5, 5.41) is 14.0. The number of nitrogens with one attached hydrogen (secondary N) is 2. The first kappa shape index (κ1) is 22.1. The molecule has 1 saturated carbocycles. The fourth-order valence-corrected chi connectivity index (χ4v) is 4.07. The molecule has 2 N–H and O–H groups in total. The monoisotopic (exact) mass is 430 g/mol. The summed E-state index contributed by atoms with van der Waals surface area (Å²) in [5.74, 6) is 0.430. The Balaban J connectivity index is 1.68.